The highest BCUT2D eigenvalue weighted by Crippen LogP contribution is 2.18. The van der Waals surface area contributed by atoms with Crippen LogP contribution in [0, 0.1) is 0 Å². The number of benzene rings is 1. The lowest BCUT2D eigenvalue weighted by atomic mass is 10.0. The molecule has 0 aliphatic carbocycles. The average molecular weight is 312 g/mol. The number of amides is 1. The molecule has 5 heteroatoms. The van der Waals surface area contributed by atoms with Crippen LogP contribution in [0.4, 0.5) is 5.69 Å². The molecule has 1 aliphatic heterocycles. The smallest absolute Gasteiger partial charge is 0.238 e. The molecule has 0 aromatic heterocycles. The Balaban J connectivity index is 0.00000220. The number of hydrogen-bond acceptors (Lipinski definition) is 3. The first-order valence-electron chi connectivity index (χ1n) is 7.40. The van der Waals surface area contributed by atoms with Crippen molar-refractivity contribution in [1.29, 1.82) is 0 Å². The number of carbonyl (C=O) groups is 1. The minimum atomic E-state index is 0. The van der Waals surface area contributed by atoms with Crippen LogP contribution < -0.4 is 10.6 Å². The number of carbonyl (C=O) groups excluding carboxylic acids is 1. The van der Waals surface area contributed by atoms with Gasteiger partial charge in [0, 0.05) is 31.4 Å². The number of nitrogens with one attached hydrogen (secondary N) is 2. The molecule has 2 rings (SSSR count). The Labute approximate surface area is 133 Å². The van der Waals surface area contributed by atoms with Crippen LogP contribution in [0.2, 0.25) is 0 Å². The number of nitrogens with zero attached hydrogens (tertiary/aromatic N) is 1. The van der Waals surface area contributed by atoms with Gasteiger partial charge in [0.15, 0.2) is 0 Å². The first-order chi connectivity index (χ1) is 9.54. The number of rotatable bonds is 4. The SMILES string of the molecule is CC1CN(CC(=O)Nc2cccc(C(C)C)c2)CCN1.Cl. The van der Waals surface area contributed by atoms with Gasteiger partial charge in [-0.2, -0.15) is 0 Å². The zero-order valence-corrected chi connectivity index (χ0v) is 13.9. The molecule has 1 unspecified atom stereocenters. The molecule has 0 radical (unpaired) electrons. The molecule has 0 saturated carbocycles. The average Bonchev–Trinajstić information content (AvgIpc) is 2.38. The summed E-state index contributed by atoms with van der Waals surface area (Å²) in [6.45, 7) is 9.75. The van der Waals surface area contributed by atoms with E-state index in [1.807, 2.05) is 12.1 Å². The lowest BCUT2D eigenvalue weighted by Crippen LogP contribution is -2.51. The third-order valence-electron chi connectivity index (χ3n) is 3.66. The van der Waals surface area contributed by atoms with Crippen LogP contribution in [0.3, 0.4) is 0 Å². The van der Waals surface area contributed by atoms with Gasteiger partial charge in [-0.25, -0.2) is 0 Å². The highest BCUT2D eigenvalue weighted by atomic mass is 35.5. The molecule has 0 spiro atoms. The van der Waals surface area contributed by atoms with E-state index in [0.29, 0.717) is 18.5 Å². The number of hydrogen-bond donors (Lipinski definition) is 2. The zero-order valence-electron chi connectivity index (χ0n) is 13.1. The second kappa shape index (κ2) is 8.37. The number of halogens is 1. The second-order valence-corrected chi connectivity index (χ2v) is 5.92. The van der Waals surface area contributed by atoms with Crippen molar-refractivity contribution in [3.05, 3.63) is 29.8 Å². The van der Waals surface area contributed by atoms with Gasteiger partial charge >= 0.3 is 0 Å². The highest BCUT2D eigenvalue weighted by Gasteiger charge is 2.17. The molecular weight excluding hydrogens is 286 g/mol. The van der Waals surface area contributed by atoms with E-state index in [4.69, 9.17) is 0 Å². The van der Waals surface area contributed by atoms with Gasteiger partial charge in [0.05, 0.1) is 6.54 Å². The van der Waals surface area contributed by atoms with Crippen LogP contribution in [-0.4, -0.2) is 43.0 Å². The molecule has 1 aliphatic rings. The van der Waals surface area contributed by atoms with Crippen molar-refractivity contribution in [2.45, 2.75) is 32.7 Å². The fraction of sp³-hybridized carbons (Fsp3) is 0.562. The lowest BCUT2D eigenvalue weighted by Gasteiger charge is -2.31. The Kier molecular flexibility index (Phi) is 7.15. The summed E-state index contributed by atoms with van der Waals surface area (Å²) >= 11 is 0. The van der Waals surface area contributed by atoms with E-state index in [0.717, 1.165) is 25.3 Å². The van der Waals surface area contributed by atoms with Crippen molar-refractivity contribution in [3.8, 4) is 0 Å². The second-order valence-electron chi connectivity index (χ2n) is 5.92. The molecule has 1 saturated heterocycles. The molecule has 0 bridgehead atoms. The largest absolute Gasteiger partial charge is 0.325 e. The van der Waals surface area contributed by atoms with Crippen LogP contribution in [0.15, 0.2) is 24.3 Å². The Morgan fingerprint density at radius 3 is 2.90 bits per heavy atom. The van der Waals surface area contributed by atoms with E-state index in [2.05, 4.69) is 48.4 Å². The third kappa shape index (κ3) is 5.65. The maximum absolute atomic E-state index is 12.1. The van der Waals surface area contributed by atoms with E-state index in [1.54, 1.807) is 0 Å². The van der Waals surface area contributed by atoms with E-state index in [9.17, 15) is 4.79 Å². The first-order valence-corrected chi connectivity index (χ1v) is 7.40. The summed E-state index contributed by atoms with van der Waals surface area (Å²) in [6, 6.07) is 8.56. The molecule has 1 aromatic carbocycles. The lowest BCUT2D eigenvalue weighted by molar-refractivity contribution is -0.117. The summed E-state index contributed by atoms with van der Waals surface area (Å²) in [5, 5.41) is 6.38. The molecule has 1 atom stereocenters. The van der Waals surface area contributed by atoms with Gasteiger partial charge in [0.2, 0.25) is 5.91 Å². The third-order valence-corrected chi connectivity index (χ3v) is 3.66. The fourth-order valence-corrected chi connectivity index (χ4v) is 2.53. The predicted octanol–water partition coefficient (Wildman–Crippen LogP) is 2.46. The predicted molar refractivity (Wildman–Crippen MR) is 90.3 cm³/mol. The van der Waals surface area contributed by atoms with Gasteiger partial charge in [-0.15, -0.1) is 12.4 Å². The molecule has 118 valence electrons. The van der Waals surface area contributed by atoms with Crippen LogP contribution in [0.25, 0.3) is 0 Å². The van der Waals surface area contributed by atoms with Crippen molar-refractivity contribution < 1.29 is 4.79 Å². The summed E-state index contributed by atoms with van der Waals surface area (Å²) in [7, 11) is 0. The van der Waals surface area contributed by atoms with Crippen LogP contribution >= 0.6 is 12.4 Å². The van der Waals surface area contributed by atoms with Crippen molar-refractivity contribution >= 4 is 24.0 Å². The maximum atomic E-state index is 12.1. The monoisotopic (exact) mass is 311 g/mol. The van der Waals surface area contributed by atoms with Crippen molar-refractivity contribution in [1.82, 2.24) is 10.2 Å². The Bertz CT molecular complexity index is 465. The first kappa shape index (κ1) is 18.0. The van der Waals surface area contributed by atoms with Gasteiger partial charge < -0.3 is 10.6 Å². The van der Waals surface area contributed by atoms with Crippen LogP contribution in [0.5, 0.6) is 0 Å². The maximum Gasteiger partial charge on any atom is 0.238 e. The molecule has 1 fully saturated rings. The minimum absolute atomic E-state index is 0. The standard InChI is InChI=1S/C16H25N3O.ClH/c1-12(2)14-5-4-6-15(9-14)18-16(20)11-19-8-7-17-13(3)10-19;/h4-6,9,12-13,17H,7-8,10-11H2,1-3H3,(H,18,20);1H. The molecular formula is C16H26ClN3O. The summed E-state index contributed by atoms with van der Waals surface area (Å²) in [5.74, 6) is 0.542. The Morgan fingerprint density at radius 1 is 1.48 bits per heavy atom. The summed E-state index contributed by atoms with van der Waals surface area (Å²) in [6.07, 6.45) is 0. The molecule has 21 heavy (non-hydrogen) atoms. The van der Waals surface area contributed by atoms with Crippen molar-refractivity contribution in [2.24, 2.45) is 0 Å². The zero-order chi connectivity index (χ0) is 14.5. The minimum Gasteiger partial charge on any atom is -0.325 e. The summed E-state index contributed by atoms with van der Waals surface area (Å²) in [5.41, 5.74) is 2.14. The van der Waals surface area contributed by atoms with Gasteiger partial charge in [-0.05, 0) is 30.5 Å². The quantitative estimate of drug-likeness (QED) is 0.898. The molecule has 2 N–H and O–H groups in total. The van der Waals surface area contributed by atoms with Crippen molar-refractivity contribution in [2.75, 3.05) is 31.5 Å². The van der Waals surface area contributed by atoms with E-state index in [-0.39, 0.29) is 18.3 Å². The molecule has 1 heterocycles. The normalized spacial score (nSPS) is 19.1. The van der Waals surface area contributed by atoms with E-state index in [1.165, 1.54) is 5.56 Å². The molecule has 1 amide bonds. The number of piperazine rings is 1. The van der Waals surface area contributed by atoms with Gasteiger partial charge in [-0.3, -0.25) is 9.69 Å². The molecule has 4 nitrogen and oxygen atoms in total. The fourth-order valence-electron chi connectivity index (χ4n) is 2.53. The summed E-state index contributed by atoms with van der Waals surface area (Å²) in [4.78, 5) is 14.3. The topological polar surface area (TPSA) is 44.4 Å². The van der Waals surface area contributed by atoms with Crippen LogP contribution in [-0.2, 0) is 4.79 Å². The molecule has 1 aromatic rings. The Morgan fingerprint density at radius 2 is 2.24 bits per heavy atom. The van der Waals surface area contributed by atoms with Gasteiger partial charge in [0.25, 0.3) is 0 Å². The van der Waals surface area contributed by atoms with Gasteiger partial charge in [0.1, 0.15) is 0 Å². The van der Waals surface area contributed by atoms with E-state index >= 15 is 0 Å². The van der Waals surface area contributed by atoms with Crippen LogP contribution in [0.1, 0.15) is 32.3 Å². The summed E-state index contributed by atoms with van der Waals surface area (Å²) < 4.78 is 0. The number of anilines is 1. The van der Waals surface area contributed by atoms with E-state index < -0.39 is 0 Å². The van der Waals surface area contributed by atoms with Gasteiger partial charge in [-0.1, -0.05) is 26.0 Å². The van der Waals surface area contributed by atoms with Crippen molar-refractivity contribution in [3.63, 3.8) is 0 Å². The Hall–Kier alpha value is -1.10. The highest BCUT2D eigenvalue weighted by molar-refractivity contribution is 5.92.